The minimum Gasteiger partial charge on any atom is -0.321 e. The summed E-state index contributed by atoms with van der Waals surface area (Å²) in [7, 11) is 1.87. The third-order valence-electron chi connectivity index (χ3n) is 3.20. The SMILES string of the molecule is Cc1ccsc1C(=O)Nc1ccccc1-c1nncn1C. The molecule has 0 radical (unpaired) electrons. The Balaban J connectivity index is 1.95. The number of rotatable bonds is 3. The van der Waals surface area contributed by atoms with Crippen LogP contribution in [0.3, 0.4) is 0 Å². The Hall–Kier alpha value is -2.47. The Kier molecular flexibility index (Phi) is 3.53. The molecule has 0 aliphatic heterocycles. The summed E-state index contributed by atoms with van der Waals surface area (Å²) in [5.41, 5.74) is 2.56. The maximum atomic E-state index is 12.4. The molecule has 0 aliphatic carbocycles. The highest BCUT2D eigenvalue weighted by Crippen LogP contribution is 2.27. The average Bonchev–Trinajstić information content (AvgIpc) is 3.08. The van der Waals surface area contributed by atoms with E-state index >= 15 is 0 Å². The van der Waals surface area contributed by atoms with Gasteiger partial charge in [-0.25, -0.2) is 0 Å². The van der Waals surface area contributed by atoms with E-state index in [4.69, 9.17) is 0 Å². The van der Waals surface area contributed by atoms with Crippen LogP contribution in [-0.4, -0.2) is 20.7 Å². The van der Waals surface area contributed by atoms with E-state index in [1.54, 1.807) is 6.33 Å². The van der Waals surface area contributed by atoms with Crippen molar-refractivity contribution in [2.24, 2.45) is 7.05 Å². The molecule has 0 spiro atoms. The van der Waals surface area contributed by atoms with Crippen molar-refractivity contribution in [2.75, 3.05) is 5.32 Å². The number of nitrogens with zero attached hydrogens (tertiary/aromatic N) is 3. The zero-order valence-corrected chi connectivity index (χ0v) is 12.5. The standard InChI is InChI=1S/C15H14N4OS/c1-10-7-8-21-13(10)15(20)17-12-6-4-3-5-11(12)14-18-16-9-19(14)2/h3-9H,1-2H3,(H,17,20). The summed E-state index contributed by atoms with van der Waals surface area (Å²) in [5.74, 6) is 0.617. The molecule has 0 saturated heterocycles. The molecule has 3 aromatic rings. The highest BCUT2D eigenvalue weighted by atomic mass is 32.1. The fourth-order valence-corrected chi connectivity index (χ4v) is 2.92. The molecule has 3 rings (SSSR count). The van der Waals surface area contributed by atoms with Crippen molar-refractivity contribution in [3.05, 3.63) is 52.5 Å². The molecule has 0 aliphatic rings. The van der Waals surface area contributed by atoms with Crippen LogP contribution < -0.4 is 5.32 Å². The van der Waals surface area contributed by atoms with Crippen LogP contribution in [0.4, 0.5) is 5.69 Å². The van der Waals surface area contributed by atoms with Gasteiger partial charge in [-0.2, -0.15) is 0 Å². The van der Waals surface area contributed by atoms with Crippen molar-refractivity contribution in [3.63, 3.8) is 0 Å². The van der Waals surface area contributed by atoms with Gasteiger partial charge in [-0.3, -0.25) is 4.79 Å². The fraction of sp³-hybridized carbons (Fsp3) is 0.133. The quantitative estimate of drug-likeness (QED) is 0.808. The van der Waals surface area contributed by atoms with Crippen molar-refractivity contribution in [1.29, 1.82) is 0 Å². The second-order valence-corrected chi connectivity index (χ2v) is 5.61. The van der Waals surface area contributed by atoms with E-state index in [9.17, 15) is 4.79 Å². The number of carbonyl (C=O) groups is 1. The minimum atomic E-state index is -0.0999. The lowest BCUT2D eigenvalue weighted by molar-refractivity contribution is 0.103. The second kappa shape index (κ2) is 5.49. The van der Waals surface area contributed by atoms with Gasteiger partial charge in [0.25, 0.3) is 5.91 Å². The van der Waals surface area contributed by atoms with E-state index in [2.05, 4.69) is 15.5 Å². The monoisotopic (exact) mass is 298 g/mol. The van der Waals surface area contributed by atoms with Gasteiger partial charge in [-0.15, -0.1) is 21.5 Å². The van der Waals surface area contributed by atoms with Crippen LogP contribution in [-0.2, 0) is 7.05 Å². The van der Waals surface area contributed by atoms with Crippen molar-refractivity contribution in [2.45, 2.75) is 6.92 Å². The first kappa shape index (κ1) is 13.5. The number of hydrogen-bond donors (Lipinski definition) is 1. The number of thiophene rings is 1. The molecule has 0 atom stereocenters. The number of para-hydroxylation sites is 1. The summed E-state index contributed by atoms with van der Waals surface area (Å²) in [6, 6.07) is 9.52. The minimum absolute atomic E-state index is 0.0999. The number of anilines is 1. The Morgan fingerprint density at radius 3 is 2.76 bits per heavy atom. The number of amides is 1. The lowest BCUT2D eigenvalue weighted by atomic mass is 10.1. The lowest BCUT2D eigenvalue weighted by Crippen LogP contribution is -2.12. The van der Waals surface area contributed by atoms with E-state index in [-0.39, 0.29) is 5.91 Å². The van der Waals surface area contributed by atoms with Gasteiger partial charge in [0, 0.05) is 12.6 Å². The topological polar surface area (TPSA) is 59.8 Å². The van der Waals surface area contributed by atoms with E-state index in [0.717, 1.165) is 21.7 Å². The number of nitrogens with one attached hydrogen (secondary N) is 1. The van der Waals surface area contributed by atoms with Crippen LogP contribution >= 0.6 is 11.3 Å². The maximum absolute atomic E-state index is 12.4. The van der Waals surface area contributed by atoms with Crippen LogP contribution in [0.5, 0.6) is 0 Å². The Bertz CT molecular complexity index is 790. The molecular weight excluding hydrogens is 284 g/mol. The Labute approximate surface area is 126 Å². The second-order valence-electron chi connectivity index (χ2n) is 4.70. The maximum Gasteiger partial charge on any atom is 0.266 e. The number of aromatic nitrogens is 3. The number of aryl methyl sites for hydroxylation is 2. The Morgan fingerprint density at radius 1 is 1.29 bits per heavy atom. The molecule has 5 nitrogen and oxygen atoms in total. The molecule has 1 aromatic carbocycles. The number of carbonyl (C=O) groups excluding carboxylic acids is 1. The van der Waals surface area contributed by atoms with Crippen molar-refractivity contribution in [3.8, 4) is 11.4 Å². The highest BCUT2D eigenvalue weighted by molar-refractivity contribution is 7.12. The van der Waals surface area contributed by atoms with E-state index < -0.39 is 0 Å². The lowest BCUT2D eigenvalue weighted by Gasteiger charge is -2.10. The van der Waals surface area contributed by atoms with Gasteiger partial charge < -0.3 is 9.88 Å². The molecule has 6 heteroatoms. The summed E-state index contributed by atoms with van der Waals surface area (Å²) < 4.78 is 1.82. The van der Waals surface area contributed by atoms with Crippen LogP contribution in [0.15, 0.2) is 42.0 Å². The van der Waals surface area contributed by atoms with Gasteiger partial charge in [0.1, 0.15) is 6.33 Å². The first-order valence-corrected chi connectivity index (χ1v) is 7.33. The molecule has 0 fully saturated rings. The largest absolute Gasteiger partial charge is 0.321 e. The predicted octanol–water partition coefficient (Wildman–Crippen LogP) is 3.10. The van der Waals surface area contributed by atoms with Gasteiger partial charge >= 0.3 is 0 Å². The van der Waals surface area contributed by atoms with Crippen LogP contribution in [0.25, 0.3) is 11.4 Å². The molecule has 21 heavy (non-hydrogen) atoms. The molecule has 1 N–H and O–H groups in total. The molecule has 2 aromatic heterocycles. The van der Waals surface area contributed by atoms with Crippen molar-refractivity contribution < 1.29 is 4.79 Å². The molecule has 0 saturated carbocycles. The van der Waals surface area contributed by atoms with Gasteiger partial charge in [0.15, 0.2) is 5.82 Å². The van der Waals surface area contributed by atoms with Gasteiger partial charge in [0.05, 0.1) is 10.6 Å². The molecule has 106 valence electrons. The zero-order valence-electron chi connectivity index (χ0n) is 11.7. The van der Waals surface area contributed by atoms with Crippen LogP contribution in [0.2, 0.25) is 0 Å². The van der Waals surface area contributed by atoms with Gasteiger partial charge in [0.2, 0.25) is 0 Å². The molecule has 0 bridgehead atoms. The summed E-state index contributed by atoms with van der Waals surface area (Å²) in [5, 5.41) is 12.9. The molecule has 1 amide bonds. The molecule has 0 unspecified atom stereocenters. The van der Waals surface area contributed by atoms with Crippen LogP contribution in [0, 0.1) is 6.92 Å². The van der Waals surface area contributed by atoms with Crippen LogP contribution in [0.1, 0.15) is 15.2 Å². The first-order valence-electron chi connectivity index (χ1n) is 6.45. The third kappa shape index (κ3) is 2.57. The zero-order chi connectivity index (χ0) is 14.8. The first-order chi connectivity index (χ1) is 10.2. The van der Waals surface area contributed by atoms with Gasteiger partial charge in [-0.1, -0.05) is 12.1 Å². The van der Waals surface area contributed by atoms with E-state index in [1.165, 1.54) is 11.3 Å². The summed E-state index contributed by atoms with van der Waals surface area (Å²) in [6.45, 7) is 1.93. The average molecular weight is 298 g/mol. The van der Waals surface area contributed by atoms with Crippen molar-refractivity contribution >= 4 is 22.9 Å². The highest BCUT2D eigenvalue weighted by Gasteiger charge is 2.15. The number of benzene rings is 1. The molecular formula is C15H14N4OS. The molecule has 2 heterocycles. The number of hydrogen-bond acceptors (Lipinski definition) is 4. The smallest absolute Gasteiger partial charge is 0.266 e. The van der Waals surface area contributed by atoms with Crippen molar-refractivity contribution in [1.82, 2.24) is 14.8 Å². The third-order valence-corrected chi connectivity index (χ3v) is 4.21. The fourth-order valence-electron chi connectivity index (χ4n) is 2.10. The summed E-state index contributed by atoms with van der Waals surface area (Å²) in [4.78, 5) is 13.1. The normalized spacial score (nSPS) is 10.6. The summed E-state index contributed by atoms with van der Waals surface area (Å²) >= 11 is 1.44. The predicted molar refractivity (Wildman–Crippen MR) is 83.4 cm³/mol. The Morgan fingerprint density at radius 2 is 2.10 bits per heavy atom. The van der Waals surface area contributed by atoms with E-state index in [1.807, 2.05) is 54.3 Å². The van der Waals surface area contributed by atoms with Gasteiger partial charge in [-0.05, 0) is 36.1 Å². The summed E-state index contributed by atoms with van der Waals surface area (Å²) in [6.07, 6.45) is 1.64. The van der Waals surface area contributed by atoms with E-state index in [0.29, 0.717) is 5.82 Å².